The minimum absolute atomic E-state index is 0.377. The largest absolute Gasteiger partial charge is 0.439 e. The molecule has 1 aromatic heterocycles. The highest BCUT2D eigenvalue weighted by Gasteiger charge is 2.09. The summed E-state index contributed by atoms with van der Waals surface area (Å²) in [6.07, 6.45) is 2.22. The summed E-state index contributed by atoms with van der Waals surface area (Å²) in [6, 6.07) is 19.4. The third-order valence-corrected chi connectivity index (χ3v) is 4.97. The van der Waals surface area contributed by atoms with Gasteiger partial charge in [0.25, 0.3) is 0 Å². The maximum Gasteiger partial charge on any atom is 0.219 e. The van der Waals surface area contributed by atoms with Gasteiger partial charge in [0, 0.05) is 38.8 Å². The van der Waals surface area contributed by atoms with Gasteiger partial charge in [0.2, 0.25) is 5.88 Å². The van der Waals surface area contributed by atoms with E-state index in [-0.39, 0.29) is 5.82 Å². The van der Waals surface area contributed by atoms with E-state index in [4.69, 9.17) is 4.74 Å². The molecule has 0 spiro atoms. The molecule has 0 radical (unpaired) electrons. The molecule has 0 aliphatic carbocycles. The number of ether oxygens (including phenoxy) is 1. The minimum atomic E-state index is -0.377. The number of pyridine rings is 1. The molecule has 3 aromatic rings. The van der Waals surface area contributed by atoms with Gasteiger partial charge in [-0.15, -0.1) is 0 Å². The van der Waals surface area contributed by atoms with Crippen molar-refractivity contribution in [1.82, 2.24) is 15.2 Å². The zero-order chi connectivity index (χ0) is 19.2. The molecule has 0 unspecified atom stereocenters. The number of hydrogen-bond donors (Lipinski definition) is 1. The van der Waals surface area contributed by atoms with Crippen LogP contribution < -0.4 is 10.1 Å². The van der Waals surface area contributed by atoms with Gasteiger partial charge >= 0.3 is 0 Å². The molecule has 1 aliphatic heterocycles. The van der Waals surface area contributed by atoms with Crippen LogP contribution in [0.15, 0.2) is 66.9 Å². The summed E-state index contributed by atoms with van der Waals surface area (Å²) in [7, 11) is 0. The number of benzene rings is 2. The first-order valence-electron chi connectivity index (χ1n) is 9.68. The second-order valence-electron chi connectivity index (χ2n) is 6.98. The Morgan fingerprint density at radius 3 is 2.54 bits per heavy atom. The van der Waals surface area contributed by atoms with Crippen molar-refractivity contribution in [3.8, 4) is 22.8 Å². The highest BCUT2D eigenvalue weighted by atomic mass is 19.1. The van der Waals surface area contributed by atoms with E-state index >= 15 is 0 Å². The van der Waals surface area contributed by atoms with Crippen LogP contribution in [0.2, 0.25) is 0 Å². The van der Waals surface area contributed by atoms with Crippen LogP contribution in [-0.2, 0) is 6.42 Å². The third-order valence-electron chi connectivity index (χ3n) is 4.97. The zero-order valence-electron chi connectivity index (χ0n) is 15.8. The highest BCUT2D eigenvalue weighted by molar-refractivity contribution is 5.65. The molecule has 0 saturated carbocycles. The van der Waals surface area contributed by atoms with Gasteiger partial charge in [0.15, 0.2) is 0 Å². The number of halogens is 1. The Balaban J connectivity index is 1.40. The van der Waals surface area contributed by atoms with Crippen LogP contribution in [0.1, 0.15) is 5.56 Å². The molecule has 1 N–H and O–H groups in total. The van der Waals surface area contributed by atoms with Crippen LogP contribution in [0.3, 0.4) is 0 Å². The predicted molar refractivity (Wildman–Crippen MR) is 109 cm³/mol. The van der Waals surface area contributed by atoms with E-state index in [1.54, 1.807) is 0 Å². The van der Waals surface area contributed by atoms with Gasteiger partial charge in [-0.05, 0) is 41.3 Å². The van der Waals surface area contributed by atoms with Crippen LogP contribution >= 0.6 is 0 Å². The van der Waals surface area contributed by atoms with E-state index in [0.29, 0.717) is 11.6 Å². The van der Waals surface area contributed by atoms with Crippen molar-refractivity contribution in [3.05, 3.63) is 78.2 Å². The van der Waals surface area contributed by atoms with Crippen LogP contribution in [0, 0.1) is 5.82 Å². The molecule has 0 atom stereocenters. The first-order valence-corrected chi connectivity index (χ1v) is 9.68. The van der Waals surface area contributed by atoms with Crippen LogP contribution in [0.4, 0.5) is 4.39 Å². The van der Waals surface area contributed by atoms with E-state index in [2.05, 4.69) is 45.5 Å². The molecule has 1 saturated heterocycles. The summed E-state index contributed by atoms with van der Waals surface area (Å²) in [5, 5.41) is 3.39. The molecule has 144 valence electrons. The summed E-state index contributed by atoms with van der Waals surface area (Å²) >= 11 is 0. The van der Waals surface area contributed by atoms with Gasteiger partial charge in [-0.2, -0.15) is 0 Å². The van der Waals surface area contributed by atoms with Crippen molar-refractivity contribution in [2.24, 2.45) is 0 Å². The van der Waals surface area contributed by atoms with Crippen molar-refractivity contribution in [2.75, 3.05) is 32.7 Å². The molecule has 0 bridgehead atoms. The van der Waals surface area contributed by atoms with Crippen LogP contribution in [0.5, 0.6) is 11.6 Å². The van der Waals surface area contributed by atoms with Gasteiger partial charge in [-0.1, -0.05) is 36.4 Å². The Morgan fingerprint density at radius 1 is 0.964 bits per heavy atom. The van der Waals surface area contributed by atoms with Gasteiger partial charge in [-0.25, -0.2) is 9.37 Å². The molecular weight excluding hydrogens is 353 g/mol. The van der Waals surface area contributed by atoms with Gasteiger partial charge < -0.3 is 15.0 Å². The van der Waals surface area contributed by atoms with Crippen molar-refractivity contribution in [1.29, 1.82) is 0 Å². The molecule has 1 fully saturated rings. The number of piperazine rings is 1. The zero-order valence-corrected chi connectivity index (χ0v) is 15.8. The Hall–Kier alpha value is -2.76. The number of nitrogens with zero attached hydrogens (tertiary/aromatic N) is 2. The lowest BCUT2D eigenvalue weighted by molar-refractivity contribution is 0.244. The summed E-state index contributed by atoms with van der Waals surface area (Å²) in [4.78, 5) is 6.45. The average Bonchev–Trinajstić information content (AvgIpc) is 2.75. The fraction of sp³-hybridized carbons (Fsp3) is 0.261. The molecule has 0 amide bonds. The molecule has 2 aromatic carbocycles. The van der Waals surface area contributed by atoms with Gasteiger partial charge in [0.1, 0.15) is 11.6 Å². The van der Waals surface area contributed by atoms with E-state index < -0.39 is 0 Å². The molecule has 5 heteroatoms. The summed E-state index contributed by atoms with van der Waals surface area (Å²) < 4.78 is 18.7. The second-order valence-corrected chi connectivity index (χ2v) is 6.98. The van der Waals surface area contributed by atoms with E-state index in [1.165, 1.54) is 17.7 Å². The molecule has 4 rings (SSSR count). The number of rotatable bonds is 6. The number of hydrogen-bond acceptors (Lipinski definition) is 4. The summed E-state index contributed by atoms with van der Waals surface area (Å²) in [5.74, 6) is 0.680. The van der Waals surface area contributed by atoms with E-state index in [1.807, 2.05) is 18.2 Å². The van der Waals surface area contributed by atoms with E-state index in [0.717, 1.165) is 56.5 Å². The lowest BCUT2D eigenvalue weighted by Crippen LogP contribution is -2.44. The molecule has 28 heavy (non-hydrogen) atoms. The molecule has 2 heterocycles. The minimum Gasteiger partial charge on any atom is -0.439 e. The lowest BCUT2D eigenvalue weighted by atomic mass is 10.0. The Morgan fingerprint density at radius 2 is 1.79 bits per heavy atom. The van der Waals surface area contributed by atoms with Crippen molar-refractivity contribution in [3.63, 3.8) is 0 Å². The standard InChI is InChI=1S/C23H24FN3O/c24-21-8-9-23(26-17-21)28-22-3-1-2-20(16-22)19-6-4-18(5-7-19)10-13-27-14-11-25-12-15-27/h1-9,16-17,25H,10-15H2. The van der Waals surface area contributed by atoms with Crippen molar-refractivity contribution >= 4 is 0 Å². The Labute approximate surface area is 165 Å². The smallest absolute Gasteiger partial charge is 0.219 e. The molecular formula is C23H24FN3O. The average molecular weight is 377 g/mol. The van der Waals surface area contributed by atoms with Crippen LogP contribution in [-0.4, -0.2) is 42.6 Å². The predicted octanol–water partition coefficient (Wildman–Crippen LogP) is 4.13. The van der Waals surface area contributed by atoms with E-state index in [9.17, 15) is 4.39 Å². The normalized spacial score (nSPS) is 14.8. The molecule has 4 nitrogen and oxygen atoms in total. The first kappa shape index (κ1) is 18.6. The van der Waals surface area contributed by atoms with Gasteiger partial charge in [0.05, 0.1) is 6.20 Å². The summed E-state index contributed by atoms with van der Waals surface area (Å²) in [6.45, 7) is 5.55. The topological polar surface area (TPSA) is 37.4 Å². The van der Waals surface area contributed by atoms with Crippen molar-refractivity contribution < 1.29 is 9.13 Å². The Bertz CT molecular complexity index is 890. The fourth-order valence-corrected chi connectivity index (χ4v) is 3.37. The third kappa shape index (κ3) is 4.94. The number of aromatic nitrogens is 1. The Kier molecular flexibility index (Phi) is 5.95. The van der Waals surface area contributed by atoms with Crippen molar-refractivity contribution in [2.45, 2.75) is 6.42 Å². The highest BCUT2D eigenvalue weighted by Crippen LogP contribution is 2.27. The lowest BCUT2D eigenvalue weighted by Gasteiger charge is -2.27. The second kappa shape index (κ2) is 8.95. The maximum atomic E-state index is 13.0. The monoisotopic (exact) mass is 377 g/mol. The van der Waals surface area contributed by atoms with Gasteiger partial charge in [-0.3, -0.25) is 0 Å². The quantitative estimate of drug-likeness (QED) is 0.701. The first-order chi connectivity index (χ1) is 13.8. The SMILES string of the molecule is Fc1ccc(Oc2cccc(-c3ccc(CCN4CCNCC4)cc3)c2)nc1. The van der Waals surface area contributed by atoms with Crippen LogP contribution in [0.25, 0.3) is 11.1 Å². The maximum absolute atomic E-state index is 13.0. The molecule has 1 aliphatic rings. The summed E-state index contributed by atoms with van der Waals surface area (Å²) in [5.41, 5.74) is 3.57. The fourth-order valence-electron chi connectivity index (χ4n) is 3.37. The number of nitrogens with one attached hydrogen (secondary N) is 1.